The molecule has 0 radical (unpaired) electrons. The summed E-state index contributed by atoms with van der Waals surface area (Å²) in [5.41, 5.74) is 3.22. The quantitative estimate of drug-likeness (QED) is 0.410. The maximum absolute atomic E-state index is 13.6. The van der Waals surface area contributed by atoms with Crippen molar-refractivity contribution in [3.8, 4) is 11.3 Å². The highest BCUT2D eigenvalue weighted by atomic mass is 32.2. The predicted octanol–water partition coefficient (Wildman–Crippen LogP) is 3.81. The van der Waals surface area contributed by atoms with E-state index in [9.17, 15) is 18.0 Å². The van der Waals surface area contributed by atoms with E-state index in [0.29, 0.717) is 40.1 Å². The zero-order valence-electron chi connectivity index (χ0n) is 19.8. The van der Waals surface area contributed by atoms with E-state index in [1.807, 2.05) is 30.3 Å². The number of esters is 1. The van der Waals surface area contributed by atoms with E-state index in [-0.39, 0.29) is 23.1 Å². The Balaban J connectivity index is 1.66. The molecule has 1 amide bonds. The van der Waals surface area contributed by atoms with E-state index >= 15 is 0 Å². The number of amides is 1. The number of aryl methyl sites for hydroxylation is 1. The van der Waals surface area contributed by atoms with E-state index in [1.165, 1.54) is 7.11 Å². The van der Waals surface area contributed by atoms with Gasteiger partial charge in [0.2, 0.25) is 0 Å². The van der Waals surface area contributed by atoms with Crippen molar-refractivity contribution in [1.29, 1.82) is 0 Å². The minimum absolute atomic E-state index is 0.0193. The molecule has 4 aromatic rings. The molecule has 3 heterocycles. The number of rotatable bonds is 5. The van der Waals surface area contributed by atoms with Crippen molar-refractivity contribution < 1.29 is 22.7 Å². The van der Waals surface area contributed by atoms with E-state index in [4.69, 9.17) is 9.72 Å². The molecule has 2 aromatic carbocycles. The first kappa shape index (κ1) is 23.7. The Kier molecular flexibility index (Phi) is 6.05. The number of para-hydroxylation sites is 1. The fourth-order valence-electron chi connectivity index (χ4n) is 4.54. The third-order valence-corrected chi connectivity index (χ3v) is 8.04. The first-order valence-electron chi connectivity index (χ1n) is 11.4. The smallest absolute Gasteiger partial charge is 0.339 e. The molecule has 1 unspecified atom stereocenters. The van der Waals surface area contributed by atoms with Gasteiger partial charge in [-0.15, -0.1) is 0 Å². The van der Waals surface area contributed by atoms with E-state index in [2.05, 4.69) is 10.4 Å². The number of carbonyl (C=O) groups excluding carboxylic acids is 2. The summed E-state index contributed by atoms with van der Waals surface area (Å²) in [6.45, 7) is 1.77. The van der Waals surface area contributed by atoms with Crippen molar-refractivity contribution in [1.82, 2.24) is 14.8 Å². The van der Waals surface area contributed by atoms with Crippen molar-refractivity contribution in [2.75, 3.05) is 23.9 Å². The topological polar surface area (TPSA) is 120 Å². The van der Waals surface area contributed by atoms with E-state index < -0.39 is 21.7 Å². The summed E-state index contributed by atoms with van der Waals surface area (Å²) in [5.74, 6) is -0.942. The second-order valence-electron chi connectivity index (χ2n) is 8.70. The zero-order chi connectivity index (χ0) is 25.4. The van der Waals surface area contributed by atoms with Gasteiger partial charge in [0.1, 0.15) is 0 Å². The number of carbonyl (C=O) groups is 2. The fraction of sp³-hybridized carbons (Fsp3) is 0.231. The number of sulfone groups is 1. The number of hydrogen-bond donors (Lipinski definition) is 1. The second kappa shape index (κ2) is 9.19. The van der Waals surface area contributed by atoms with Crippen LogP contribution >= 0.6 is 0 Å². The van der Waals surface area contributed by atoms with Gasteiger partial charge in [-0.05, 0) is 31.5 Å². The van der Waals surface area contributed by atoms with Crippen molar-refractivity contribution in [3.63, 3.8) is 0 Å². The first-order valence-corrected chi connectivity index (χ1v) is 13.2. The van der Waals surface area contributed by atoms with Crippen LogP contribution in [-0.2, 0) is 14.6 Å². The Morgan fingerprint density at radius 2 is 1.78 bits per heavy atom. The minimum atomic E-state index is -3.16. The summed E-state index contributed by atoms with van der Waals surface area (Å²) in [6.07, 6.45) is 0.434. The number of hydrogen-bond acceptors (Lipinski definition) is 7. The highest BCUT2D eigenvalue weighted by Crippen LogP contribution is 2.32. The normalized spacial score (nSPS) is 16.7. The Morgan fingerprint density at radius 3 is 2.47 bits per heavy atom. The fourth-order valence-corrected chi connectivity index (χ4v) is 6.23. The van der Waals surface area contributed by atoms with Crippen LogP contribution in [0.4, 0.5) is 5.69 Å². The summed E-state index contributed by atoms with van der Waals surface area (Å²) >= 11 is 0. The van der Waals surface area contributed by atoms with E-state index in [0.717, 1.165) is 5.56 Å². The van der Waals surface area contributed by atoms with Gasteiger partial charge in [0.25, 0.3) is 5.91 Å². The Morgan fingerprint density at radius 1 is 1.06 bits per heavy atom. The molecule has 0 bridgehead atoms. The molecule has 2 aromatic heterocycles. The van der Waals surface area contributed by atoms with Crippen molar-refractivity contribution in [2.45, 2.75) is 19.4 Å². The molecule has 1 aliphatic rings. The highest BCUT2D eigenvalue weighted by molar-refractivity contribution is 7.91. The molecular weight excluding hydrogens is 480 g/mol. The van der Waals surface area contributed by atoms with Crippen LogP contribution in [0.15, 0.2) is 60.7 Å². The molecule has 0 spiro atoms. The molecule has 5 rings (SSSR count). The van der Waals surface area contributed by atoms with Crippen LogP contribution in [0.25, 0.3) is 22.3 Å². The Labute approximate surface area is 208 Å². The number of fused-ring (bicyclic) bond motifs is 1. The molecule has 1 fully saturated rings. The van der Waals surface area contributed by atoms with Crippen LogP contribution in [0, 0.1) is 6.92 Å². The largest absolute Gasteiger partial charge is 0.465 e. The first-order chi connectivity index (χ1) is 17.3. The number of pyridine rings is 1. The van der Waals surface area contributed by atoms with Crippen LogP contribution in [0.3, 0.4) is 0 Å². The van der Waals surface area contributed by atoms with Gasteiger partial charge in [0.15, 0.2) is 15.5 Å². The molecule has 1 aliphatic heterocycles. The maximum Gasteiger partial charge on any atom is 0.339 e. The maximum atomic E-state index is 13.6. The lowest BCUT2D eigenvalue weighted by molar-refractivity contribution is 0.0602. The number of anilines is 1. The molecule has 1 atom stereocenters. The Bertz CT molecular complexity index is 1600. The number of benzene rings is 2. The number of nitrogens with zero attached hydrogens (tertiary/aromatic N) is 3. The average Bonchev–Trinajstić information content (AvgIpc) is 3.42. The number of ether oxygens (including phenoxy) is 1. The van der Waals surface area contributed by atoms with Crippen molar-refractivity contribution in [3.05, 3.63) is 77.5 Å². The standard InChI is InChI=1S/C26H24N4O5S/c1-16-23-20(25(31)28-21-11-7-6-10-19(21)26(32)35-2)14-22(17-8-4-3-5-9-17)27-24(23)30(29-16)18-12-13-36(33,34)15-18/h3-11,14,18H,12-13,15H2,1-2H3,(H,28,31). The van der Waals surface area contributed by atoms with Gasteiger partial charge in [-0.2, -0.15) is 5.10 Å². The summed E-state index contributed by atoms with van der Waals surface area (Å²) in [6, 6.07) is 17.3. The molecule has 1 N–H and O–H groups in total. The molecule has 36 heavy (non-hydrogen) atoms. The summed E-state index contributed by atoms with van der Waals surface area (Å²) in [4.78, 5) is 30.7. The number of aromatic nitrogens is 3. The van der Waals surface area contributed by atoms with Gasteiger partial charge in [-0.3, -0.25) is 4.79 Å². The summed E-state index contributed by atoms with van der Waals surface area (Å²) in [5, 5.41) is 7.98. The van der Waals surface area contributed by atoms with Gasteiger partial charge >= 0.3 is 5.97 Å². The highest BCUT2D eigenvalue weighted by Gasteiger charge is 2.32. The van der Waals surface area contributed by atoms with Crippen LogP contribution in [0.1, 0.15) is 38.9 Å². The number of nitrogens with one attached hydrogen (secondary N) is 1. The third-order valence-electron chi connectivity index (χ3n) is 6.29. The van der Waals surface area contributed by atoms with Gasteiger partial charge in [-0.25, -0.2) is 22.9 Å². The van der Waals surface area contributed by atoms with Crippen molar-refractivity contribution >= 4 is 38.4 Å². The average molecular weight is 505 g/mol. The summed E-state index contributed by atoms with van der Waals surface area (Å²) < 4.78 is 30.8. The van der Waals surface area contributed by atoms with Crippen LogP contribution in [0.2, 0.25) is 0 Å². The molecule has 9 nitrogen and oxygen atoms in total. The van der Waals surface area contributed by atoms with Crippen molar-refractivity contribution in [2.24, 2.45) is 0 Å². The van der Waals surface area contributed by atoms with Gasteiger partial charge < -0.3 is 10.1 Å². The molecule has 1 saturated heterocycles. The van der Waals surface area contributed by atoms with Gasteiger partial charge in [0, 0.05) is 5.56 Å². The van der Waals surface area contributed by atoms with Gasteiger partial charge in [0.05, 0.1) is 58.2 Å². The lowest BCUT2D eigenvalue weighted by Gasteiger charge is -2.13. The molecule has 0 aliphatic carbocycles. The predicted molar refractivity (Wildman–Crippen MR) is 136 cm³/mol. The van der Waals surface area contributed by atoms with E-state index in [1.54, 1.807) is 41.9 Å². The zero-order valence-corrected chi connectivity index (χ0v) is 20.6. The molecule has 0 saturated carbocycles. The Hall–Kier alpha value is -4.05. The molecular formula is C26H24N4O5S. The lowest BCUT2D eigenvalue weighted by atomic mass is 10.0. The molecule has 10 heteroatoms. The summed E-state index contributed by atoms with van der Waals surface area (Å²) in [7, 11) is -1.88. The number of methoxy groups -OCH3 is 1. The van der Waals surface area contributed by atoms with Crippen LogP contribution in [0.5, 0.6) is 0 Å². The lowest BCUT2D eigenvalue weighted by Crippen LogP contribution is -2.17. The van der Waals surface area contributed by atoms with Crippen LogP contribution < -0.4 is 5.32 Å². The monoisotopic (exact) mass is 504 g/mol. The third kappa shape index (κ3) is 4.35. The molecule has 184 valence electrons. The van der Waals surface area contributed by atoms with Gasteiger partial charge in [-0.1, -0.05) is 42.5 Å². The SMILES string of the molecule is COC(=O)c1ccccc1NC(=O)c1cc(-c2ccccc2)nc2c1c(C)nn2C1CCS(=O)(=O)C1. The second-order valence-corrected chi connectivity index (χ2v) is 10.9. The minimum Gasteiger partial charge on any atom is -0.465 e. The van der Waals surface area contributed by atoms with Crippen LogP contribution in [-0.4, -0.2) is 53.7 Å².